The van der Waals surface area contributed by atoms with Crippen LogP contribution in [0, 0.1) is 0 Å². The van der Waals surface area contributed by atoms with Gasteiger partial charge in [-0.3, -0.25) is 0 Å². The molecule has 0 aliphatic heterocycles. The number of hydrogen-bond donors (Lipinski definition) is 2. The van der Waals surface area contributed by atoms with Crippen LogP contribution in [-0.2, 0) is 4.74 Å². The van der Waals surface area contributed by atoms with Crippen molar-refractivity contribution in [1.82, 2.24) is 0 Å². The number of carbonyl (C=O) groups is 1. The molecule has 0 bridgehead atoms. The van der Waals surface area contributed by atoms with E-state index in [1.807, 2.05) is 6.92 Å². The van der Waals surface area contributed by atoms with E-state index in [0.717, 1.165) is 10.6 Å². The molecule has 0 fully saturated rings. The van der Waals surface area contributed by atoms with Crippen molar-refractivity contribution in [3.8, 4) is 0 Å². The maximum atomic E-state index is 11.7. The van der Waals surface area contributed by atoms with Crippen LogP contribution < -0.4 is 11.5 Å². The van der Waals surface area contributed by atoms with Crippen molar-refractivity contribution in [3.63, 3.8) is 0 Å². The molecule has 88 valence electrons. The lowest BCUT2D eigenvalue weighted by molar-refractivity contribution is 0.0522. The number of anilines is 2. The predicted molar refractivity (Wildman–Crippen MR) is 67.6 cm³/mol. The van der Waals surface area contributed by atoms with E-state index in [4.69, 9.17) is 16.2 Å². The second-order valence-electron chi connectivity index (χ2n) is 3.13. The minimum atomic E-state index is -0.356. The van der Waals surface area contributed by atoms with Gasteiger partial charge in [-0.05, 0) is 24.8 Å². The largest absolute Gasteiger partial charge is 0.462 e. The van der Waals surface area contributed by atoms with E-state index >= 15 is 0 Å². The second kappa shape index (κ2) is 5.65. The first-order valence-corrected chi connectivity index (χ1v) is 6.07. The minimum absolute atomic E-state index is 0.347. The second-order valence-corrected chi connectivity index (χ2v) is 4.44. The molecule has 1 rings (SSSR count). The van der Waals surface area contributed by atoms with E-state index in [1.165, 1.54) is 0 Å². The van der Waals surface area contributed by atoms with E-state index in [9.17, 15) is 4.79 Å². The molecule has 1 aromatic rings. The van der Waals surface area contributed by atoms with Crippen molar-refractivity contribution in [1.29, 1.82) is 0 Å². The molecule has 0 atom stereocenters. The van der Waals surface area contributed by atoms with Gasteiger partial charge in [0.15, 0.2) is 0 Å². The number of thioether (sulfide) groups is 1. The minimum Gasteiger partial charge on any atom is -0.462 e. The van der Waals surface area contributed by atoms with Crippen molar-refractivity contribution in [2.75, 3.05) is 23.8 Å². The normalized spacial score (nSPS) is 10.1. The molecule has 0 saturated heterocycles. The molecule has 1 aromatic carbocycles. The molecule has 16 heavy (non-hydrogen) atoms. The lowest BCUT2D eigenvalue weighted by Crippen LogP contribution is -2.08. The Morgan fingerprint density at radius 3 is 2.50 bits per heavy atom. The van der Waals surface area contributed by atoms with E-state index in [0.29, 0.717) is 23.5 Å². The molecule has 0 aliphatic rings. The Morgan fingerprint density at radius 2 is 1.94 bits per heavy atom. The Morgan fingerprint density at radius 1 is 1.31 bits per heavy atom. The van der Waals surface area contributed by atoms with Crippen LogP contribution in [0.4, 0.5) is 11.4 Å². The number of benzene rings is 1. The molecule has 4 N–H and O–H groups in total. The van der Waals surface area contributed by atoms with Crippen molar-refractivity contribution < 1.29 is 9.53 Å². The highest BCUT2D eigenvalue weighted by atomic mass is 32.2. The third-order valence-electron chi connectivity index (χ3n) is 1.98. The van der Waals surface area contributed by atoms with Crippen molar-refractivity contribution >= 4 is 29.1 Å². The van der Waals surface area contributed by atoms with Gasteiger partial charge in [0.2, 0.25) is 0 Å². The summed E-state index contributed by atoms with van der Waals surface area (Å²) in [5.74, 6) is 0.501. The molecule has 0 aliphatic carbocycles. The Kier molecular flexibility index (Phi) is 4.49. The molecular formula is C11H16N2O2S. The summed E-state index contributed by atoms with van der Waals surface area (Å²) in [6, 6.07) is 3.29. The SMILES string of the molecule is CCOC(=O)c1cc(N)c(N)cc1SCC. The van der Waals surface area contributed by atoms with E-state index < -0.39 is 0 Å². The third kappa shape index (κ3) is 2.82. The molecule has 0 amide bonds. The summed E-state index contributed by atoms with van der Waals surface area (Å²) in [5, 5.41) is 0. The summed E-state index contributed by atoms with van der Waals surface area (Å²) in [4.78, 5) is 12.5. The van der Waals surface area contributed by atoms with E-state index in [2.05, 4.69) is 0 Å². The summed E-state index contributed by atoms with van der Waals surface area (Å²) in [6.07, 6.45) is 0. The van der Waals surface area contributed by atoms with Crippen LogP contribution in [0.15, 0.2) is 17.0 Å². The van der Waals surface area contributed by atoms with Gasteiger partial charge in [0.1, 0.15) is 0 Å². The quantitative estimate of drug-likeness (QED) is 0.479. The number of nitrogens with two attached hydrogens (primary N) is 2. The summed E-state index contributed by atoms with van der Waals surface area (Å²) in [5.41, 5.74) is 12.8. The summed E-state index contributed by atoms with van der Waals surface area (Å²) >= 11 is 1.54. The van der Waals surface area contributed by atoms with Gasteiger partial charge in [-0.2, -0.15) is 0 Å². The van der Waals surface area contributed by atoms with Crippen LogP contribution in [0.2, 0.25) is 0 Å². The smallest absolute Gasteiger partial charge is 0.339 e. The van der Waals surface area contributed by atoms with Gasteiger partial charge in [0.25, 0.3) is 0 Å². The van der Waals surface area contributed by atoms with Gasteiger partial charge in [-0.25, -0.2) is 4.79 Å². The molecular weight excluding hydrogens is 224 g/mol. The first kappa shape index (κ1) is 12.7. The monoisotopic (exact) mass is 240 g/mol. The van der Waals surface area contributed by atoms with Crippen molar-refractivity contribution in [2.45, 2.75) is 18.7 Å². The molecule has 0 spiro atoms. The summed E-state index contributed by atoms with van der Waals surface area (Å²) in [7, 11) is 0. The lowest BCUT2D eigenvalue weighted by atomic mass is 10.2. The van der Waals surface area contributed by atoms with Crippen molar-refractivity contribution in [2.24, 2.45) is 0 Å². The Hall–Kier alpha value is -1.36. The number of hydrogen-bond acceptors (Lipinski definition) is 5. The molecule has 4 nitrogen and oxygen atoms in total. The first-order chi connectivity index (χ1) is 7.60. The fourth-order valence-corrected chi connectivity index (χ4v) is 2.07. The molecule has 0 aromatic heterocycles. The number of nitrogen functional groups attached to an aromatic ring is 2. The van der Waals surface area contributed by atoms with Crippen LogP contribution in [-0.4, -0.2) is 18.3 Å². The van der Waals surface area contributed by atoms with Crippen LogP contribution >= 0.6 is 11.8 Å². The van der Waals surface area contributed by atoms with Crippen LogP contribution in [0.5, 0.6) is 0 Å². The molecule has 0 saturated carbocycles. The Labute approximate surface area is 99.3 Å². The molecule has 0 radical (unpaired) electrons. The van der Waals surface area contributed by atoms with Gasteiger partial charge in [-0.1, -0.05) is 6.92 Å². The number of ether oxygens (including phenoxy) is 1. The van der Waals surface area contributed by atoms with Crippen LogP contribution in [0.3, 0.4) is 0 Å². The highest BCUT2D eigenvalue weighted by molar-refractivity contribution is 7.99. The summed E-state index contributed by atoms with van der Waals surface area (Å²) < 4.78 is 4.96. The van der Waals surface area contributed by atoms with Gasteiger partial charge in [0.05, 0.1) is 23.5 Å². The van der Waals surface area contributed by atoms with Crippen LogP contribution in [0.1, 0.15) is 24.2 Å². The first-order valence-electron chi connectivity index (χ1n) is 5.09. The molecule has 0 heterocycles. The molecule has 5 heteroatoms. The zero-order chi connectivity index (χ0) is 12.1. The average Bonchev–Trinajstić information content (AvgIpc) is 2.23. The van der Waals surface area contributed by atoms with Gasteiger partial charge in [-0.15, -0.1) is 11.8 Å². The standard InChI is InChI=1S/C11H16N2O2S/c1-3-15-11(14)7-5-8(12)9(13)6-10(7)16-4-2/h5-6H,3-4,12-13H2,1-2H3. The Balaban J connectivity index is 3.13. The fraction of sp³-hybridized carbons (Fsp3) is 0.364. The highest BCUT2D eigenvalue weighted by Gasteiger charge is 2.14. The number of rotatable bonds is 4. The maximum Gasteiger partial charge on any atom is 0.339 e. The van der Waals surface area contributed by atoms with E-state index in [1.54, 1.807) is 30.8 Å². The summed E-state index contributed by atoms with van der Waals surface area (Å²) in [6.45, 7) is 4.12. The topological polar surface area (TPSA) is 78.3 Å². The number of carbonyl (C=O) groups excluding carboxylic acids is 1. The molecule has 0 unspecified atom stereocenters. The van der Waals surface area contributed by atoms with Crippen molar-refractivity contribution in [3.05, 3.63) is 17.7 Å². The maximum absolute atomic E-state index is 11.7. The predicted octanol–water partition coefficient (Wildman–Crippen LogP) is 2.14. The highest BCUT2D eigenvalue weighted by Crippen LogP contribution is 2.29. The third-order valence-corrected chi connectivity index (χ3v) is 2.92. The zero-order valence-corrected chi connectivity index (χ0v) is 10.3. The fourth-order valence-electron chi connectivity index (χ4n) is 1.26. The van der Waals surface area contributed by atoms with Gasteiger partial charge < -0.3 is 16.2 Å². The van der Waals surface area contributed by atoms with Gasteiger partial charge >= 0.3 is 5.97 Å². The van der Waals surface area contributed by atoms with E-state index in [-0.39, 0.29) is 5.97 Å². The zero-order valence-electron chi connectivity index (χ0n) is 9.45. The van der Waals surface area contributed by atoms with Gasteiger partial charge in [0, 0.05) is 4.90 Å². The Bertz CT molecular complexity index is 394. The lowest BCUT2D eigenvalue weighted by Gasteiger charge is -2.10. The van der Waals surface area contributed by atoms with Crippen LogP contribution in [0.25, 0.3) is 0 Å². The number of esters is 1. The average molecular weight is 240 g/mol.